The van der Waals surface area contributed by atoms with Gasteiger partial charge < -0.3 is 11.1 Å². The highest BCUT2D eigenvalue weighted by atomic mass is 16.2. The van der Waals surface area contributed by atoms with Gasteiger partial charge in [-0.05, 0) is 31.2 Å². The molecule has 0 aliphatic heterocycles. The predicted molar refractivity (Wildman–Crippen MR) is 66.4 cm³/mol. The van der Waals surface area contributed by atoms with Crippen molar-refractivity contribution in [3.63, 3.8) is 0 Å². The Morgan fingerprint density at radius 3 is 2.94 bits per heavy atom. The standard InChI is InChI=1S/C12H14N4O/c1-9(16-7-3-6-14-16)12(17)15-11-5-2-4-10(13)8-11/h2-9H,13H2,1H3,(H,15,17). The van der Waals surface area contributed by atoms with Gasteiger partial charge in [0.25, 0.3) is 0 Å². The molecule has 2 aromatic rings. The van der Waals surface area contributed by atoms with E-state index in [4.69, 9.17) is 5.73 Å². The zero-order chi connectivity index (χ0) is 12.3. The molecule has 1 aromatic heterocycles. The van der Waals surface area contributed by atoms with Crippen LogP contribution in [0.5, 0.6) is 0 Å². The first-order chi connectivity index (χ1) is 8.16. The van der Waals surface area contributed by atoms with Crippen molar-refractivity contribution in [1.82, 2.24) is 9.78 Å². The van der Waals surface area contributed by atoms with Crippen LogP contribution < -0.4 is 11.1 Å². The lowest BCUT2D eigenvalue weighted by molar-refractivity contribution is -0.119. The van der Waals surface area contributed by atoms with Crippen molar-refractivity contribution in [2.45, 2.75) is 13.0 Å². The topological polar surface area (TPSA) is 72.9 Å². The molecule has 0 aliphatic carbocycles. The molecule has 0 saturated heterocycles. The van der Waals surface area contributed by atoms with Crippen LogP contribution in [-0.2, 0) is 4.79 Å². The number of amides is 1. The van der Waals surface area contributed by atoms with E-state index in [0.717, 1.165) is 0 Å². The number of nitrogens with one attached hydrogen (secondary N) is 1. The number of anilines is 2. The fourth-order valence-electron chi connectivity index (χ4n) is 1.49. The second-order valence-electron chi connectivity index (χ2n) is 3.78. The third-order valence-electron chi connectivity index (χ3n) is 2.46. The SMILES string of the molecule is CC(C(=O)Nc1cccc(N)c1)n1cccn1. The normalized spacial score (nSPS) is 12.1. The highest BCUT2D eigenvalue weighted by molar-refractivity contribution is 5.93. The summed E-state index contributed by atoms with van der Waals surface area (Å²) < 4.78 is 1.60. The number of nitrogens with zero attached hydrogens (tertiary/aromatic N) is 2. The summed E-state index contributed by atoms with van der Waals surface area (Å²) in [5.41, 5.74) is 6.95. The van der Waals surface area contributed by atoms with Crippen LogP contribution >= 0.6 is 0 Å². The molecule has 0 saturated carbocycles. The van der Waals surface area contributed by atoms with Gasteiger partial charge in [-0.2, -0.15) is 5.10 Å². The maximum atomic E-state index is 11.9. The van der Waals surface area contributed by atoms with Crippen LogP contribution in [0, 0.1) is 0 Å². The van der Waals surface area contributed by atoms with Gasteiger partial charge in [0.2, 0.25) is 5.91 Å². The summed E-state index contributed by atoms with van der Waals surface area (Å²) in [6.07, 6.45) is 3.40. The Morgan fingerprint density at radius 2 is 2.29 bits per heavy atom. The van der Waals surface area contributed by atoms with Crippen molar-refractivity contribution in [2.75, 3.05) is 11.1 Å². The van der Waals surface area contributed by atoms with E-state index in [1.165, 1.54) is 0 Å². The number of benzene rings is 1. The molecule has 0 aliphatic rings. The monoisotopic (exact) mass is 230 g/mol. The Morgan fingerprint density at radius 1 is 1.47 bits per heavy atom. The number of rotatable bonds is 3. The van der Waals surface area contributed by atoms with E-state index in [1.54, 1.807) is 54.3 Å². The average molecular weight is 230 g/mol. The van der Waals surface area contributed by atoms with Crippen molar-refractivity contribution in [1.29, 1.82) is 0 Å². The highest BCUT2D eigenvalue weighted by Crippen LogP contribution is 2.14. The molecule has 0 fully saturated rings. The summed E-state index contributed by atoms with van der Waals surface area (Å²) in [7, 11) is 0. The van der Waals surface area contributed by atoms with Crippen molar-refractivity contribution >= 4 is 17.3 Å². The van der Waals surface area contributed by atoms with Crippen molar-refractivity contribution in [3.05, 3.63) is 42.7 Å². The Bertz CT molecular complexity index is 507. The zero-order valence-electron chi connectivity index (χ0n) is 9.50. The molecule has 0 bridgehead atoms. The molecule has 5 nitrogen and oxygen atoms in total. The molecule has 1 unspecified atom stereocenters. The van der Waals surface area contributed by atoms with E-state index in [0.29, 0.717) is 11.4 Å². The third kappa shape index (κ3) is 2.63. The van der Waals surface area contributed by atoms with Crippen molar-refractivity contribution < 1.29 is 4.79 Å². The molecular formula is C12H14N4O. The Labute approximate surface area is 99.2 Å². The Balaban J connectivity index is 2.07. The molecule has 5 heteroatoms. The minimum atomic E-state index is -0.355. The minimum Gasteiger partial charge on any atom is -0.399 e. The smallest absolute Gasteiger partial charge is 0.248 e. The van der Waals surface area contributed by atoms with Gasteiger partial charge in [0.15, 0.2) is 0 Å². The average Bonchev–Trinajstić information content (AvgIpc) is 2.81. The lowest BCUT2D eigenvalue weighted by Crippen LogP contribution is -2.23. The van der Waals surface area contributed by atoms with Crippen LogP contribution in [0.1, 0.15) is 13.0 Å². The van der Waals surface area contributed by atoms with Crippen LogP contribution in [0.25, 0.3) is 0 Å². The third-order valence-corrected chi connectivity index (χ3v) is 2.46. The first-order valence-electron chi connectivity index (χ1n) is 5.32. The predicted octanol–water partition coefficient (Wildman–Crippen LogP) is 1.66. The molecule has 1 atom stereocenters. The Kier molecular flexibility index (Phi) is 3.09. The maximum Gasteiger partial charge on any atom is 0.248 e. The van der Waals surface area contributed by atoms with Gasteiger partial charge in [-0.25, -0.2) is 0 Å². The van der Waals surface area contributed by atoms with E-state index in [1.807, 2.05) is 0 Å². The second kappa shape index (κ2) is 4.69. The summed E-state index contributed by atoms with van der Waals surface area (Å²) in [6, 6.07) is 8.50. The van der Waals surface area contributed by atoms with Gasteiger partial charge in [0.05, 0.1) is 0 Å². The number of nitrogens with two attached hydrogens (primary N) is 1. The second-order valence-corrected chi connectivity index (χ2v) is 3.78. The van der Waals surface area contributed by atoms with Crippen molar-refractivity contribution in [2.24, 2.45) is 0 Å². The van der Waals surface area contributed by atoms with Crippen LogP contribution in [0.3, 0.4) is 0 Å². The van der Waals surface area contributed by atoms with Gasteiger partial charge in [0, 0.05) is 23.8 Å². The summed E-state index contributed by atoms with van der Waals surface area (Å²) >= 11 is 0. The molecule has 88 valence electrons. The largest absolute Gasteiger partial charge is 0.399 e. The minimum absolute atomic E-state index is 0.126. The van der Waals surface area contributed by atoms with Crippen LogP contribution in [0.4, 0.5) is 11.4 Å². The van der Waals surface area contributed by atoms with E-state index in [2.05, 4.69) is 10.4 Å². The molecule has 3 N–H and O–H groups in total. The van der Waals surface area contributed by atoms with E-state index in [-0.39, 0.29) is 11.9 Å². The molecular weight excluding hydrogens is 216 g/mol. The molecule has 1 amide bonds. The van der Waals surface area contributed by atoms with Gasteiger partial charge >= 0.3 is 0 Å². The number of hydrogen-bond donors (Lipinski definition) is 2. The fraction of sp³-hybridized carbons (Fsp3) is 0.167. The Hall–Kier alpha value is -2.30. The van der Waals surface area contributed by atoms with E-state index < -0.39 is 0 Å². The van der Waals surface area contributed by atoms with E-state index >= 15 is 0 Å². The first-order valence-corrected chi connectivity index (χ1v) is 5.32. The van der Waals surface area contributed by atoms with Crippen molar-refractivity contribution in [3.8, 4) is 0 Å². The lowest BCUT2D eigenvalue weighted by atomic mass is 10.2. The molecule has 17 heavy (non-hydrogen) atoms. The number of carbonyl (C=O) groups is 1. The zero-order valence-corrected chi connectivity index (χ0v) is 9.50. The number of nitrogen functional groups attached to an aromatic ring is 1. The number of aromatic nitrogens is 2. The summed E-state index contributed by atoms with van der Waals surface area (Å²) in [4.78, 5) is 11.9. The highest BCUT2D eigenvalue weighted by Gasteiger charge is 2.14. The fourth-order valence-corrected chi connectivity index (χ4v) is 1.49. The molecule has 1 aromatic carbocycles. The molecule has 0 spiro atoms. The lowest BCUT2D eigenvalue weighted by Gasteiger charge is -2.12. The number of carbonyl (C=O) groups excluding carboxylic acids is 1. The molecule has 2 rings (SSSR count). The summed E-state index contributed by atoms with van der Waals surface area (Å²) in [5.74, 6) is -0.126. The summed E-state index contributed by atoms with van der Waals surface area (Å²) in [5, 5.41) is 6.82. The summed E-state index contributed by atoms with van der Waals surface area (Å²) in [6.45, 7) is 1.79. The van der Waals surface area contributed by atoms with Crippen LogP contribution in [0.2, 0.25) is 0 Å². The first kappa shape index (κ1) is 11.2. The molecule has 1 heterocycles. The quantitative estimate of drug-likeness (QED) is 0.788. The van der Waals surface area contributed by atoms with Gasteiger partial charge in [-0.15, -0.1) is 0 Å². The molecule has 0 radical (unpaired) electrons. The van der Waals surface area contributed by atoms with Crippen LogP contribution in [0.15, 0.2) is 42.7 Å². The van der Waals surface area contributed by atoms with Crippen LogP contribution in [-0.4, -0.2) is 15.7 Å². The van der Waals surface area contributed by atoms with Gasteiger partial charge in [0.1, 0.15) is 6.04 Å². The van der Waals surface area contributed by atoms with E-state index in [9.17, 15) is 4.79 Å². The van der Waals surface area contributed by atoms with Gasteiger partial charge in [-0.1, -0.05) is 6.07 Å². The number of hydrogen-bond acceptors (Lipinski definition) is 3. The van der Waals surface area contributed by atoms with Gasteiger partial charge in [-0.3, -0.25) is 9.48 Å². The maximum absolute atomic E-state index is 11.9.